The Balaban J connectivity index is 2.30. The van der Waals surface area contributed by atoms with E-state index in [0.717, 1.165) is 35.7 Å². The number of halogens is 1. The molecule has 2 rings (SSSR count). The monoisotopic (exact) mass is 282 g/mol. The number of thioether (sulfide) groups is 1. The van der Waals surface area contributed by atoms with Crippen LogP contribution in [-0.4, -0.2) is 30.1 Å². The highest BCUT2D eigenvalue weighted by atomic mass is 32.2. The van der Waals surface area contributed by atoms with Gasteiger partial charge >= 0.3 is 0 Å². The maximum Gasteiger partial charge on any atom is 0.128 e. The van der Waals surface area contributed by atoms with Gasteiger partial charge in [0.2, 0.25) is 0 Å². The molecular formula is C15H23FN2S. The van der Waals surface area contributed by atoms with E-state index in [4.69, 9.17) is 5.73 Å². The summed E-state index contributed by atoms with van der Waals surface area (Å²) in [6, 6.07) is 5.88. The lowest BCUT2D eigenvalue weighted by Crippen LogP contribution is -2.41. The van der Waals surface area contributed by atoms with Crippen molar-refractivity contribution in [1.82, 2.24) is 0 Å². The quantitative estimate of drug-likeness (QED) is 0.920. The molecule has 0 spiro atoms. The van der Waals surface area contributed by atoms with E-state index in [-0.39, 0.29) is 11.9 Å². The second-order valence-corrected chi connectivity index (χ2v) is 6.38. The van der Waals surface area contributed by atoms with Crippen LogP contribution in [-0.2, 0) is 6.42 Å². The van der Waals surface area contributed by atoms with Crippen LogP contribution in [0.15, 0.2) is 18.2 Å². The fourth-order valence-corrected chi connectivity index (χ4v) is 3.52. The SMILES string of the molecule is CCC(N)Cc1c(F)cccc1N1CCSCC1C. The molecule has 0 saturated carbocycles. The average Bonchev–Trinajstić information content (AvgIpc) is 2.41. The summed E-state index contributed by atoms with van der Waals surface area (Å²) in [4.78, 5) is 2.33. The van der Waals surface area contributed by atoms with Gasteiger partial charge in [0.1, 0.15) is 5.82 Å². The molecule has 106 valence electrons. The van der Waals surface area contributed by atoms with E-state index in [0.29, 0.717) is 12.5 Å². The van der Waals surface area contributed by atoms with Gasteiger partial charge in [-0.25, -0.2) is 4.39 Å². The van der Waals surface area contributed by atoms with Crippen LogP contribution in [0.25, 0.3) is 0 Å². The van der Waals surface area contributed by atoms with Gasteiger partial charge in [-0.15, -0.1) is 0 Å². The van der Waals surface area contributed by atoms with Crippen molar-refractivity contribution in [1.29, 1.82) is 0 Å². The third-order valence-corrected chi connectivity index (χ3v) is 4.95. The van der Waals surface area contributed by atoms with Crippen LogP contribution in [0.4, 0.5) is 10.1 Å². The second kappa shape index (κ2) is 6.62. The van der Waals surface area contributed by atoms with Crippen molar-refractivity contribution >= 4 is 17.4 Å². The third-order valence-electron chi connectivity index (χ3n) is 3.76. The summed E-state index contributed by atoms with van der Waals surface area (Å²) in [5.74, 6) is 2.10. The molecule has 4 heteroatoms. The average molecular weight is 282 g/mol. The summed E-state index contributed by atoms with van der Waals surface area (Å²) in [5, 5.41) is 0. The van der Waals surface area contributed by atoms with E-state index in [1.165, 1.54) is 0 Å². The number of nitrogens with two attached hydrogens (primary N) is 1. The Morgan fingerprint density at radius 3 is 3.00 bits per heavy atom. The zero-order valence-corrected chi connectivity index (χ0v) is 12.5. The van der Waals surface area contributed by atoms with Crippen LogP contribution in [0.5, 0.6) is 0 Å². The standard InChI is InChI=1S/C15H23FN2S/c1-3-12(17)9-13-14(16)5-4-6-15(13)18-7-8-19-10-11(18)2/h4-6,11-12H,3,7-10,17H2,1-2H3. The summed E-state index contributed by atoms with van der Waals surface area (Å²) >= 11 is 1.97. The first-order valence-electron chi connectivity index (χ1n) is 7.00. The Hall–Kier alpha value is -0.740. The minimum absolute atomic E-state index is 0.0325. The molecular weight excluding hydrogens is 259 g/mol. The Morgan fingerprint density at radius 1 is 1.53 bits per heavy atom. The minimum atomic E-state index is -0.119. The molecule has 1 aliphatic rings. The van der Waals surface area contributed by atoms with Crippen molar-refractivity contribution in [3.8, 4) is 0 Å². The number of hydrogen-bond acceptors (Lipinski definition) is 3. The van der Waals surface area contributed by atoms with E-state index in [1.807, 2.05) is 24.8 Å². The van der Waals surface area contributed by atoms with Crippen molar-refractivity contribution in [2.75, 3.05) is 23.0 Å². The molecule has 1 aromatic carbocycles. The first-order chi connectivity index (χ1) is 9.13. The highest BCUT2D eigenvalue weighted by molar-refractivity contribution is 7.99. The molecule has 2 unspecified atom stereocenters. The zero-order chi connectivity index (χ0) is 13.8. The van der Waals surface area contributed by atoms with E-state index < -0.39 is 0 Å². The fraction of sp³-hybridized carbons (Fsp3) is 0.600. The first kappa shape index (κ1) is 14.7. The maximum atomic E-state index is 14.1. The summed E-state index contributed by atoms with van der Waals surface area (Å²) < 4.78 is 14.1. The van der Waals surface area contributed by atoms with Gasteiger partial charge in [-0.2, -0.15) is 11.8 Å². The van der Waals surface area contributed by atoms with Crippen LogP contribution < -0.4 is 10.6 Å². The summed E-state index contributed by atoms with van der Waals surface area (Å²) in [6.45, 7) is 5.25. The molecule has 19 heavy (non-hydrogen) atoms. The lowest BCUT2D eigenvalue weighted by molar-refractivity contribution is 0.574. The van der Waals surface area contributed by atoms with Gasteiger partial charge in [0, 0.05) is 41.4 Å². The van der Waals surface area contributed by atoms with Crippen molar-refractivity contribution in [2.45, 2.75) is 38.8 Å². The molecule has 1 heterocycles. The van der Waals surface area contributed by atoms with Gasteiger partial charge in [-0.1, -0.05) is 13.0 Å². The van der Waals surface area contributed by atoms with Crippen molar-refractivity contribution < 1.29 is 4.39 Å². The molecule has 0 aromatic heterocycles. The number of rotatable bonds is 4. The molecule has 2 nitrogen and oxygen atoms in total. The van der Waals surface area contributed by atoms with Gasteiger partial charge in [0.15, 0.2) is 0 Å². The smallest absolute Gasteiger partial charge is 0.128 e. The number of hydrogen-bond donors (Lipinski definition) is 1. The highest BCUT2D eigenvalue weighted by Crippen LogP contribution is 2.29. The maximum absolute atomic E-state index is 14.1. The predicted octanol–water partition coefficient (Wildman–Crippen LogP) is 3.05. The van der Waals surface area contributed by atoms with Gasteiger partial charge in [-0.05, 0) is 31.9 Å². The molecule has 1 aliphatic heterocycles. The Morgan fingerprint density at radius 2 is 2.32 bits per heavy atom. The van der Waals surface area contributed by atoms with Crippen LogP contribution in [0.3, 0.4) is 0 Å². The molecule has 0 aliphatic carbocycles. The van der Waals surface area contributed by atoms with E-state index in [2.05, 4.69) is 11.8 Å². The lowest BCUT2D eigenvalue weighted by Gasteiger charge is -2.36. The number of anilines is 1. The Bertz CT molecular complexity index is 425. The summed E-state index contributed by atoms with van der Waals surface area (Å²) in [7, 11) is 0. The Labute approximate surface area is 119 Å². The second-order valence-electron chi connectivity index (χ2n) is 5.23. The molecule has 1 saturated heterocycles. The summed E-state index contributed by atoms with van der Waals surface area (Å²) in [6.07, 6.45) is 1.49. The predicted molar refractivity (Wildman–Crippen MR) is 82.5 cm³/mol. The number of benzene rings is 1. The molecule has 0 amide bonds. The van der Waals surface area contributed by atoms with Crippen LogP contribution in [0, 0.1) is 5.82 Å². The van der Waals surface area contributed by atoms with Crippen molar-refractivity contribution in [3.05, 3.63) is 29.6 Å². The summed E-state index contributed by atoms with van der Waals surface area (Å²) in [5.41, 5.74) is 7.84. The number of nitrogens with zero attached hydrogens (tertiary/aromatic N) is 1. The minimum Gasteiger partial charge on any atom is -0.367 e. The van der Waals surface area contributed by atoms with Gasteiger partial charge in [0.05, 0.1) is 0 Å². The molecule has 2 atom stereocenters. The molecule has 2 N–H and O–H groups in total. The van der Waals surface area contributed by atoms with Crippen LogP contribution in [0.1, 0.15) is 25.8 Å². The van der Waals surface area contributed by atoms with E-state index in [1.54, 1.807) is 12.1 Å². The van der Waals surface area contributed by atoms with Gasteiger partial charge < -0.3 is 10.6 Å². The van der Waals surface area contributed by atoms with Crippen LogP contribution >= 0.6 is 11.8 Å². The van der Waals surface area contributed by atoms with Gasteiger partial charge in [-0.3, -0.25) is 0 Å². The largest absolute Gasteiger partial charge is 0.367 e. The fourth-order valence-electron chi connectivity index (χ4n) is 2.51. The first-order valence-corrected chi connectivity index (χ1v) is 8.16. The van der Waals surface area contributed by atoms with E-state index in [9.17, 15) is 4.39 Å². The highest BCUT2D eigenvalue weighted by Gasteiger charge is 2.23. The Kier molecular flexibility index (Phi) is 5.11. The van der Waals surface area contributed by atoms with Crippen molar-refractivity contribution in [3.63, 3.8) is 0 Å². The van der Waals surface area contributed by atoms with Crippen LogP contribution in [0.2, 0.25) is 0 Å². The third kappa shape index (κ3) is 3.42. The molecule has 1 fully saturated rings. The normalized spacial score (nSPS) is 21.5. The van der Waals surface area contributed by atoms with Crippen molar-refractivity contribution in [2.24, 2.45) is 5.73 Å². The lowest BCUT2D eigenvalue weighted by atomic mass is 10.0. The topological polar surface area (TPSA) is 29.3 Å². The molecule has 1 aromatic rings. The molecule has 0 bridgehead atoms. The van der Waals surface area contributed by atoms with Gasteiger partial charge in [0.25, 0.3) is 0 Å². The molecule has 0 radical (unpaired) electrons. The van der Waals surface area contributed by atoms with E-state index >= 15 is 0 Å². The zero-order valence-electron chi connectivity index (χ0n) is 11.7.